The van der Waals surface area contributed by atoms with Crippen molar-refractivity contribution in [3.63, 3.8) is 0 Å². The van der Waals surface area contributed by atoms with Crippen LogP contribution in [0.3, 0.4) is 0 Å². The summed E-state index contributed by atoms with van der Waals surface area (Å²) in [7, 11) is 0. The van der Waals surface area contributed by atoms with Crippen LogP contribution in [0.1, 0.15) is 27.7 Å². The Morgan fingerprint density at radius 3 is 2.08 bits per heavy atom. The molecule has 0 aromatic carbocycles. The van der Waals surface area contributed by atoms with Crippen molar-refractivity contribution in [1.29, 1.82) is 0 Å². The molecule has 0 rings (SSSR count). The Balaban J connectivity index is 4.37. The van der Waals surface area contributed by atoms with E-state index < -0.39 is 5.91 Å². The fourth-order valence-electron chi connectivity index (χ4n) is 0.718. The van der Waals surface area contributed by atoms with Crippen molar-refractivity contribution in [2.24, 2.45) is 5.73 Å². The van der Waals surface area contributed by atoms with Crippen molar-refractivity contribution >= 4 is 11.8 Å². The third-order valence-electron chi connectivity index (χ3n) is 1.21. The molecule has 0 aromatic heterocycles. The van der Waals surface area contributed by atoms with Crippen molar-refractivity contribution in [3.05, 3.63) is 11.6 Å². The number of nitrogens with two attached hydrogens (primary N) is 1. The van der Waals surface area contributed by atoms with Gasteiger partial charge in [-0.05, 0) is 27.7 Å². The molecule has 0 radical (unpaired) electrons. The molecular weight excluding hydrogens is 168 g/mol. The summed E-state index contributed by atoms with van der Waals surface area (Å²) in [5, 5.41) is 2.71. The van der Waals surface area contributed by atoms with Crippen LogP contribution in [0.15, 0.2) is 11.6 Å². The zero-order chi connectivity index (χ0) is 10.6. The minimum absolute atomic E-state index is 0.272. The highest BCUT2D eigenvalue weighted by atomic mass is 16.2. The molecule has 0 spiro atoms. The third-order valence-corrected chi connectivity index (χ3v) is 1.21. The second-order valence-corrected chi connectivity index (χ2v) is 3.93. The molecule has 0 aromatic rings. The zero-order valence-corrected chi connectivity index (χ0v) is 8.47. The SMILES string of the molecule is C/C(=C/C(N)=O)C(=O)NC(C)(C)C. The van der Waals surface area contributed by atoms with E-state index in [9.17, 15) is 9.59 Å². The van der Waals surface area contributed by atoms with Gasteiger partial charge in [-0.25, -0.2) is 0 Å². The summed E-state index contributed by atoms with van der Waals surface area (Å²) in [4.78, 5) is 21.8. The normalized spacial score (nSPS) is 12.5. The number of carbonyl (C=O) groups is 2. The second kappa shape index (κ2) is 4.07. The van der Waals surface area contributed by atoms with E-state index in [1.54, 1.807) is 6.92 Å². The van der Waals surface area contributed by atoms with Gasteiger partial charge in [-0.3, -0.25) is 9.59 Å². The lowest BCUT2D eigenvalue weighted by Crippen LogP contribution is -2.41. The van der Waals surface area contributed by atoms with Gasteiger partial charge in [-0.15, -0.1) is 0 Å². The van der Waals surface area contributed by atoms with Gasteiger partial charge in [0.2, 0.25) is 11.8 Å². The van der Waals surface area contributed by atoms with Crippen LogP contribution in [0.4, 0.5) is 0 Å². The highest BCUT2D eigenvalue weighted by molar-refractivity contribution is 6.00. The minimum atomic E-state index is -0.610. The van der Waals surface area contributed by atoms with Gasteiger partial charge >= 0.3 is 0 Å². The lowest BCUT2D eigenvalue weighted by molar-refractivity contribution is -0.119. The molecule has 4 nitrogen and oxygen atoms in total. The van der Waals surface area contributed by atoms with Crippen LogP contribution in [0.5, 0.6) is 0 Å². The quantitative estimate of drug-likeness (QED) is 0.607. The highest BCUT2D eigenvalue weighted by Crippen LogP contribution is 2.01. The molecule has 0 aliphatic rings. The number of hydrogen-bond acceptors (Lipinski definition) is 2. The van der Waals surface area contributed by atoms with E-state index in [1.807, 2.05) is 20.8 Å². The first-order valence-corrected chi connectivity index (χ1v) is 4.02. The Bertz CT molecular complexity index is 249. The average molecular weight is 184 g/mol. The Morgan fingerprint density at radius 2 is 1.77 bits per heavy atom. The molecule has 0 heterocycles. The van der Waals surface area contributed by atoms with Crippen molar-refractivity contribution in [2.45, 2.75) is 33.2 Å². The topological polar surface area (TPSA) is 72.2 Å². The van der Waals surface area contributed by atoms with Gasteiger partial charge in [0.25, 0.3) is 0 Å². The van der Waals surface area contributed by atoms with Crippen LogP contribution in [0.2, 0.25) is 0 Å². The van der Waals surface area contributed by atoms with Crippen LogP contribution >= 0.6 is 0 Å². The number of primary amides is 1. The first kappa shape index (κ1) is 11.7. The fourth-order valence-corrected chi connectivity index (χ4v) is 0.718. The average Bonchev–Trinajstić information content (AvgIpc) is 1.81. The molecule has 13 heavy (non-hydrogen) atoms. The zero-order valence-electron chi connectivity index (χ0n) is 8.47. The van der Waals surface area contributed by atoms with Crippen LogP contribution < -0.4 is 11.1 Å². The largest absolute Gasteiger partial charge is 0.366 e. The lowest BCUT2D eigenvalue weighted by Gasteiger charge is -2.20. The maximum absolute atomic E-state index is 11.3. The van der Waals surface area contributed by atoms with Crippen molar-refractivity contribution in [3.8, 4) is 0 Å². The molecule has 0 atom stereocenters. The standard InChI is InChI=1S/C9H16N2O2/c1-6(5-7(10)12)8(13)11-9(2,3)4/h5H,1-4H3,(H2,10,12)(H,11,13)/b6-5-. The third kappa shape index (κ3) is 5.90. The molecule has 0 saturated carbocycles. The first-order chi connectivity index (χ1) is 5.72. The van der Waals surface area contributed by atoms with Gasteiger partial charge in [0, 0.05) is 17.2 Å². The van der Waals surface area contributed by atoms with Gasteiger partial charge in [-0.1, -0.05) is 0 Å². The van der Waals surface area contributed by atoms with Crippen LogP contribution in [-0.2, 0) is 9.59 Å². The summed E-state index contributed by atoms with van der Waals surface area (Å²) >= 11 is 0. The van der Waals surface area contributed by atoms with Crippen LogP contribution in [0.25, 0.3) is 0 Å². The Kier molecular flexibility index (Phi) is 3.66. The Labute approximate surface area is 78.2 Å². The second-order valence-electron chi connectivity index (χ2n) is 3.93. The number of nitrogens with one attached hydrogen (secondary N) is 1. The number of hydrogen-bond donors (Lipinski definition) is 2. The van der Waals surface area contributed by atoms with Gasteiger partial charge in [0.05, 0.1) is 0 Å². The van der Waals surface area contributed by atoms with E-state index >= 15 is 0 Å². The summed E-state index contributed by atoms with van der Waals surface area (Å²) < 4.78 is 0. The maximum atomic E-state index is 11.3. The van der Waals surface area contributed by atoms with E-state index in [-0.39, 0.29) is 11.4 Å². The molecule has 0 saturated heterocycles. The molecule has 3 N–H and O–H groups in total. The molecule has 74 valence electrons. The van der Waals surface area contributed by atoms with E-state index in [0.717, 1.165) is 6.08 Å². The molecular formula is C9H16N2O2. The molecule has 2 amide bonds. The minimum Gasteiger partial charge on any atom is -0.366 e. The summed E-state index contributed by atoms with van der Waals surface area (Å²) in [6, 6.07) is 0. The van der Waals surface area contributed by atoms with Gasteiger partial charge < -0.3 is 11.1 Å². The van der Waals surface area contributed by atoms with Gasteiger partial charge in [0.15, 0.2) is 0 Å². The van der Waals surface area contributed by atoms with Crippen LogP contribution in [-0.4, -0.2) is 17.4 Å². The van der Waals surface area contributed by atoms with E-state index in [2.05, 4.69) is 5.32 Å². The number of rotatable bonds is 2. The summed E-state index contributed by atoms with van der Waals surface area (Å²) in [5.74, 6) is -0.882. The smallest absolute Gasteiger partial charge is 0.247 e. The molecule has 0 aliphatic heterocycles. The molecule has 4 heteroatoms. The van der Waals surface area contributed by atoms with E-state index in [4.69, 9.17) is 5.73 Å². The Morgan fingerprint density at radius 1 is 1.31 bits per heavy atom. The van der Waals surface area contributed by atoms with Crippen molar-refractivity contribution in [2.75, 3.05) is 0 Å². The van der Waals surface area contributed by atoms with Crippen molar-refractivity contribution < 1.29 is 9.59 Å². The predicted octanol–water partition coefficient (Wildman–Crippen LogP) is 0.333. The van der Waals surface area contributed by atoms with E-state index in [0.29, 0.717) is 5.57 Å². The van der Waals surface area contributed by atoms with Gasteiger partial charge in [-0.2, -0.15) is 0 Å². The molecule has 0 unspecified atom stereocenters. The van der Waals surface area contributed by atoms with Crippen LogP contribution in [0, 0.1) is 0 Å². The molecule has 0 aliphatic carbocycles. The van der Waals surface area contributed by atoms with Crippen molar-refractivity contribution in [1.82, 2.24) is 5.32 Å². The maximum Gasteiger partial charge on any atom is 0.247 e. The summed E-state index contributed by atoms with van der Waals surface area (Å²) in [6.07, 6.45) is 1.11. The van der Waals surface area contributed by atoms with E-state index in [1.165, 1.54) is 0 Å². The summed E-state index contributed by atoms with van der Waals surface area (Å²) in [5.41, 5.74) is 4.92. The fraction of sp³-hybridized carbons (Fsp3) is 0.556. The number of carbonyl (C=O) groups excluding carboxylic acids is 2. The number of amides is 2. The monoisotopic (exact) mass is 184 g/mol. The van der Waals surface area contributed by atoms with Gasteiger partial charge in [0.1, 0.15) is 0 Å². The Hall–Kier alpha value is -1.32. The summed E-state index contributed by atoms with van der Waals surface area (Å²) in [6.45, 7) is 7.14. The highest BCUT2D eigenvalue weighted by Gasteiger charge is 2.14. The molecule has 0 bridgehead atoms. The lowest BCUT2D eigenvalue weighted by atomic mass is 10.1. The first-order valence-electron chi connectivity index (χ1n) is 4.02. The predicted molar refractivity (Wildman–Crippen MR) is 50.8 cm³/mol. The molecule has 0 fully saturated rings.